The predicted molar refractivity (Wildman–Crippen MR) is 198 cm³/mol. The second-order valence-corrected chi connectivity index (χ2v) is 12.5. The Morgan fingerprint density at radius 2 is 0.561 bits per heavy atom. The Balaban J connectivity index is -0.0000000309. The summed E-state index contributed by atoms with van der Waals surface area (Å²) in [6.07, 6.45) is -27.5. The zero-order valence-corrected chi connectivity index (χ0v) is 36.3. The monoisotopic (exact) mass is 1150 g/mol. The maximum absolute atomic E-state index is 11.2. The molecule has 0 amide bonds. The first-order valence-electron chi connectivity index (χ1n) is 11.3. The first-order chi connectivity index (χ1) is 22.7. The summed E-state index contributed by atoms with van der Waals surface area (Å²) in [6.45, 7) is 11.6. The lowest BCUT2D eigenvalue weighted by atomic mass is 10.4. The van der Waals surface area contributed by atoms with Gasteiger partial charge < -0.3 is 0 Å². The first-order valence-corrected chi connectivity index (χ1v) is 15.5. The molecule has 0 N–H and O–H groups in total. The Hall–Kier alpha value is 0.900. The van der Waals surface area contributed by atoms with Crippen LogP contribution in [0.3, 0.4) is 0 Å². The zero-order valence-electron chi connectivity index (χ0n) is 27.1. The van der Waals surface area contributed by atoms with E-state index in [1.54, 1.807) is 0 Å². The van der Waals surface area contributed by atoms with Gasteiger partial charge in [0.05, 0.1) is 31.9 Å². The van der Waals surface area contributed by atoms with E-state index in [-0.39, 0.29) is 58.0 Å². The van der Waals surface area contributed by atoms with Crippen molar-refractivity contribution in [2.45, 2.75) is 88.8 Å². The van der Waals surface area contributed by atoms with Crippen LogP contribution in [-0.2, 0) is 0 Å². The summed E-state index contributed by atoms with van der Waals surface area (Å²) in [5.74, 6) is 0. The average Bonchev–Trinajstić information content (AvgIpc) is 2.74. The molecule has 0 aromatic rings. The fourth-order valence-corrected chi connectivity index (χ4v) is 2.80. The van der Waals surface area contributed by atoms with Crippen LogP contribution in [0.25, 0.3) is 0 Å². The number of alkyl halides is 25. The molecule has 0 spiro atoms. The van der Waals surface area contributed by atoms with Crippen LogP contribution in [0.15, 0.2) is 50.0 Å². The molecular weight excluding hydrogens is 1120 g/mol. The molecule has 0 aliphatic carbocycles. The van der Waals surface area contributed by atoms with E-state index in [2.05, 4.69) is 61.1 Å². The number of halogens is 34. The van der Waals surface area contributed by atoms with Crippen molar-refractivity contribution in [1.29, 1.82) is 0 Å². The minimum atomic E-state index is -4.73. The number of hydrogen-bond donors (Lipinski definition) is 0. The molecule has 3 unspecified atom stereocenters. The van der Waals surface area contributed by atoms with E-state index in [9.17, 15) is 83.4 Å². The summed E-state index contributed by atoms with van der Waals surface area (Å²) in [6, 6.07) is 0. The molecule has 3 atom stereocenters. The van der Waals surface area contributed by atoms with E-state index in [4.69, 9.17) is 81.2 Å². The van der Waals surface area contributed by atoms with E-state index < -0.39 is 82.3 Å². The summed E-state index contributed by atoms with van der Waals surface area (Å²) in [5, 5.41) is 0. The van der Waals surface area contributed by atoms with Gasteiger partial charge in [0, 0.05) is 6.42 Å². The summed E-state index contributed by atoms with van der Waals surface area (Å²) >= 11 is 49.1. The molecule has 0 nitrogen and oxygen atoms in total. The topological polar surface area (TPSA) is 0 Å². The van der Waals surface area contributed by atoms with Gasteiger partial charge in [0.15, 0.2) is 20.7 Å². The van der Waals surface area contributed by atoms with Crippen LogP contribution in [-0.4, -0.2) is 56.7 Å². The Morgan fingerprint density at radius 3 is 0.561 bits per heavy atom. The quantitative estimate of drug-likeness (QED) is 0.190. The Bertz CT molecular complexity index is 620. The van der Waals surface area contributed by atoms with Gasteiger partial charge in [-0.25, -0.2) is 30.7 Å². The van der Waals surface area contributed by atoms with Crippen LogP contribution in [0.4, 0.5) is 97.5 Å². The van der Waals surface area contributed by atoms with Gasteiger partial charge >= 0.3 is 24.7 Å². The highest BCUT2D eigenvalue weighted by Gasteiger charge is 2.33. The van der Waals surface area contributed by atoms with Gasteiger partial charge in [-0.05, 0) is 11.1 Å². The van der Waals surface area contributed by atoms with Crippen molar-refractivity contribution in [3.8, 4) is 0 Å². The van der Waals surface area contributed by atoms with Gasteiger partial charge in [-0.1, -0.05) is 119 Å². The summed E-state index contributed by atoms with van der Waals surface area (Å²) in [5.41, 5.74) is -4.49. The molecule has 0 heterocycles. The molecule has 0 radical (unpaired) electrons. The van der Waals surface area contributed by atoms with Gasteiger partial charge in [0.2, 0.25) is 6.43 Å². The molecule has 34 heteroatoms. The van der Waals surface area contributed by atoms with E-state index in [0.717, 1.165) is 0 Å². The highest BCUT2D eigenvalue weighted by molar-refractivity contribution is 6.68. The smallest absolute Gasteiger partial charge is 0.269 e. The Labute approximate surface area is 375 Å². The van der Waals surface area contributed by atoms with E-state index >= 15 is 0 Å². The van der Waals surface area contributed by atoms with Gasteiger partial charge in [-0.15, -0.1) is 48.0 Å². The summed E-state index contributed by atoms with van der Waals surface area (Å²) in [4.78, 5) is -0.609. The highest BCUT2D eigenvalue weighted by Crippen LogP contribution is 2.34. The van der Waals surface area contributed by atoms with Gasteiger partial charge in [0.1, 0.15) is 11.3 Å². The zero-order chi connectivity index (χ0) is 44.8. The molecule has 0 aromatic carbocycles. The number of hydrogen-bond acceptors (Lipinski definition) is 0. The third-order valence-electron chi connectivity index (χ3n) is 1.93. The van der Waals surface area contributed by atoms with Gasteiger partial charge in [-0.3, -0.25) is 14.1 Å². The molecule has 57 heavy (non-hydrogen) atoms. The van der Waals surface area contributed by atoms with Crippen molar-refractivity contribution in [3.05, 3.63) is 50.0 Å². The first kappa shape index (κ1) is 97.3. The largest absolute Gasteiger partial charge is 0.394 e. The third-order valence-corrected chi connectivity index (χ3v) is 3.16. The number of rotatable bonds is 5. The molecule has 0 aliphatic heterocycles. The second kappa shape index (κ2) is 59.0. The van der Waals surface area contributed by atoms with Crippen molar-refractivity contribution < 1.29 is 97.5 Å². The lowest BCUT2D eigenvalue weighted by Gasteiger charge is -2.09. The molecular formula is C23H32Cl12F22. The average molecular weight is 1150 g/mol. The lowest BCUT2D eigenvalue weighted by molar-refractivity contribution is -0.158. The van der Waals surface area contributed by atoms with E-state index in [1.165, 1.54) is 11.1 Å². The molecule has 0 bridgehead atoms. The SMILES string of the molecule is C=CCl.C=CCl.C=CF.C=CF.Cl.Cl.ClC(Cl)CC(Cl)(Cl)Cl.F.F.F.FC(Cl)CC(F)(F)F.FC(Cl)CC(F)(F)F.FC(Cl)CC(F)(F)F.FC(F)CC(F)(F)F. The summed E-state index contributed by atoms with van der Waals surface area (Å²) in [7, 11) is 0. The molecule has 0 fully saturated rings. The standard InChI is InChI=1S/C3H3Cl5.3C3H3ClF4.C3H3F5.2C2H3Cl.2C2H3F.2ClH.3FH/c5*4-2(5)1-3(6,7)8;4*1-2-3;;;;;/h5*2H,1H2;4*2H,1H2;5*1H. The molecule has 0 aliphatic rings. The Kier molecular flexibility index (Phi) is 101. The third kappa shape index (κ3) is 256. The lowest BCUT2D eigenvalue weighted by Crippen LogP contribution is -2.12. The van der Waals surface area contributed by atoms with Gasteiger partial charge in [0.25, 0.3) is 0 Å². The van der Waals surface area contributed by atoms with Crippen molar-refractivity contribution >= 4 is 141 Å². The summed E-state index contributed by atoms with van der Waals surface area (Å²) < 4.78 is 205. The van der Waals surface area contributed by atoms with Crippen LogP contribution in [0.1, 0.15) is 32.1 Å². The highest BCUT2D eigenvalue weighted by atomic mass is 35.6. The Morgan fingerprint density at radius 1 is 0.421 bits per heavy atom. The minimum Gasteiger partial charge on any atom is -0.269 e. The van der Waals surface area contributed by atoms with E-state index in [1.807, 2.05) is 0 Å². The molecule has 362 valence electrons. The van der Waals surface area contributed by atoms with Crippen molar-refractivity contribution in [2.75, 3.05) is 0 Å². The van der Waals surface area contributed by atoms with Crippen LogP contribution in [0.5, 0.6) is 0 Å². The van der Waals surface area contributed by atoms with Crippen LogP contribution in [0.2, 0.25) is 0 Å². The minimum absolute atomic E-state index is 0. The predicted octanol–water partition coefficient (Wildman–Crippen LogP) is 19.4. The molecule has 0 saturated heterocycles. The maximum Gasteiger partial charge on any atom is 0.394 e. The normalized spacial score (nSPS) is 11.3. The van der Waals surface area contributed by atoms with Gasteiger partial charge in [-0.2, -0.15) is 52.7 Å². The maximum atomic E-state index is 11.2. The van der Waals surface area contributed by atoms with Crippen LogP contribution >= 0.6 is 141 Å². The van der Waals surface area contributed by atoms with Crippen LogP contribution in [0, 0.1) is 0 Å². The molecule has 0 rings (SSSR count). The van der Waals surface area contributed by atoms with Crippen LogP contribution < -0.4 is 0 Å². The van der Waals surface area contributed by atoms with E-state index in [0.29, 0.717) is 0 Å². The molecule has 0 saturated carbocycles. The fourth-order valence-electron chi connectivity index (χ4n) is 0.875. The molecule has 0 aromatic heterocycles. The fraction of sp³-hybridized carbons (Fsp3) is 0.652. The van der Waals surface area contributed by atoms with Crippen molar-refractivity contribution in [1.82, 2.24) is 0 Å². The van der Waals surface area contributed by atoms with Crippen molar-refractivity contribution in [2.24, 2.45) is 0 Å². The van der Waals surface area contributed by atoms with Crippen molar-refractivity contribution in [3.63, 3.8) is 0 Å². The second-order valence-electron chi connectivity index (χ2n) is 6.67.